The minimum Gasteiger partial charge on any atom is -0.458 e. The van der Waals surface area contributed by atoms with Crippen molar-refractivity contribution in [2.24, 2.45) is 16.7 Å². The Morgan fingerprint density at radius 1 is 0.761 bits per heavy atom. The van der Waals surface area contributed by atoms with Gasteiger partial charge in [0.25, 0.3) is 5.91 Å². The lowest BCUT2D eigenvalue weighted by molar-refractivity contribution is -0.345. The van der Waals surface area contributed by atoms with Crippen LogP contribution in [0.3, 0.4) is 0 Å². The van der Waals surface area contributed by atoms with Crippen LogP contribution in [0.4, 0.5) is 0 Å². The number of ether oxygens (including phenoxy) is 6. The van der Waals surface area contributed by atoms with Gasteiger partial charge in [0.15, 0.2) is 23.6 Å². The number of amides is 1. The standard InChI is InChI=1S/C55H57NO15/c1-7-40(58)69-44-41-31(2)37(67-51(64)43(59)42(33-20-12-8-13-21-33)56-48(61)34-22-14-9-15-23-34)29-55(65,52(41,4)5)47(70-50(63)36-26-18-11-19-27-36)45-53(6,46(44)60)38(68-49(62)35-24-16-10-17-25-35)28-39-54(45,30-66-39)71-32(3)57/h8-27,37-39,42-45,47,59,65H,7,28-30H2,1-6H3,(H,56,61)/t37-,38-,39+,42-,43+,44+,45-,47-,53+,54-,55+/m0/s1. The number of nitrogens with one attached hydrogen (secondary N) is 1. The van der Waals surface area contributed by atoms with Crippen LogP contribution in [0.15, 0.2) is 132 Å². The Kier molecular flexibility index (Phi) is 13.9. The number of carbonyl (C=O) groups is 7. The molecule has 0 radical (unpaired) electrons. The molecule has 16 nitrogen and oxygen atoms in total. The van der Waals surface area contributed by atoms with Gasteiger partial charge in [0.05, 0.1) is 35.1 Å². The van der Waals surface area contributed by atoms with Gasteiger partial charge in [-0.25, -0.2) is 14.4 Å². The van der Waals surface area contributed by atoms with E-state index in [1.807, 2.05) is 0 Å². The molecule has 8 rings (SSSR count). The van der Waals surface area contributed by atoms with E-state index < -0.39 is 119 Å². The number of hydrogen-bond donors (Lipinski definition) is 3. The van der Waals surface area contributed by atoms with Gasteiger partial charge in [-0.1, -0.05) is 106 Å². The Bertz CT molecular complexity index is 2730. The minimum absolute atomic E-state index is 0.0237. The largest absolute Gasteiger partial charge is 0.458 e. The maximum absolute atomic E-state index is 16.3. The van der Waals surface area contributed by atoms with Gasteiger partial charge in [-0.15, -0.1) is 0 Å². The first kappa shape index (κ1) is 50.4. The Morgan fingerprint density at radius 3 is 1.82 bits per heavy atom. The van der Waals surface area contributed by atoms with Crippen LogP contribution in [-0.4, -0.2) is 106 Å². The molecule has 2 saturated carbocycles. The summed E-state index contributed by atoms with van der Waals surface area (Å²) in [5.41, 5.74) is -7.29. The molecule has 3 aliphatic carbocycles. The molecule has 0 aromatic heterocycles. The fourth-order valence-corrected chi connectivity index (χ4v) is 11.2. The highest BCUT2D eigenvalue weighted by atomic mass is 16.6. The second-order valence-electron chi connectivity index (χ2n) is 19.3. The summed E-state index contributed by atoms with van der Waals surface area (Å²) in [7, 11) is 0. The van der Waals surface area contributed by atoms with Crippen LogP contribution in [0.5, 0.6) is 0 Å². The normalized spacial score (nSPS) is 29.2. The van der Waals surface area contributed by atoms with Gasteiger partial charge >= 0.3 is 29.8 Å². The number of aliphatic hydroxyl groups is 2. The van der Waals surface area contributed by atoms with Crippen molar-refractivity contribution < 1.29 is 72.2 Å². The fourth-order valence-electron chi connectivity index (χ4n) is 11.2. The molecule has 1 amide bonds. The van der Waals surface area contributed by atoms with E-state index in [0.29, 0.717) is 5.56 Å². The Balaban J connectivity index is 1.32. The summed E-state index contributed by atoms with van der Waals surface area (Å²) in [5.74, 6) is -7.79. The number of esters is 5. The molecule has 372 valence electrons. The predicted octanol–water partition coefficient (Wildman–Crippen LogP) is 5.99. The summed E-state index contributed by atoms with van der Waals surface area (Å²) in [6.07, 6.45) is -11.0. The van der Waals surface area contributed by atoms with Crippen LogP contribution in [0.2, 0.25) is 0 Å². The molecule has 3 fully saturated rings. The molecule has 4 aromatic carbocycles. The molecular weight excluding hydrogens is 915 g/mol. The van der Waals surface area contributed by atoms with Gasteiger partial charge in [-0.3, -0.25) is 19.2 Å². The van der Waals surface area contributed by atoms with Crippen LogP contribution in [0.25, 0.3) is 0 Å². The summed E-state index contributed by atoms with van der Waals surface area (Å²) in [5, 5.41) is 28.8. The first-order chi connectivity index (χ1) is 33.8. The summed E-state index contributed by atoms with van der Waals surface area (Å²) in [6, 6.07) is 30.9. The number of ketones is 1. The molecule has 11 atom stereocenters. The lowest BCUT2D eigenvalue weighted by Crippen LogP contribution is -2.82. The summed E-state index contributed by atoms with van der Waals surface area (Å²) >= 11 is 0. The Morgan fingerprint density at radius 2 is 1.30 bits per heavy atom. The average Bonchev–Trinajstić information content (AvgIpc) is 3.36. The molecule has 1 saturated heterocycles. The smallest absolute Gasteiger partial charge is 0.338 e. The highest BCUT2D eigenvalue weighted by Crippen LogP contribution is 2.65. The van der Waals surface area contributed by atoms with E-state index >= 15 is 4.79 Å². The molecule has 3 N–H and O–H groups in total. The molecule has 2 bridgehead atoms. The van der Waals surface area contributed by atoms with Crippen molar-refractivity contribution in [3.63, 3.8) is 0 Å². The zero-order valence-corrected chi connectivity index (χ0v) is 40.2. The molecule has 4 aliphatic rings. The van der Waals surface area contributed by atoms with E-state index in [-0.39, 0.29) is 47.3 Å². The summed E-state index contributed by atoms with van der Waals surface area (Å²) < 4.78 is 37.6. The zero-order valence-electron chi connectivity index (χ0n) is 40.2. The molecule has 1 heterocycles. The third-order valence-electron chi connectivity index (χ3n) is 15.0. The molecule has 71 heavy (non-hydrogen) atoms. The lowest BCUT2D eigenvalue weighted by Gasteiger charge is -2.67. The number of hydrogen-bond acceptors (Lipinski definition) is 15. The molecule has 1 aliphatic heterocycles. The second-order valence-corrected chi connectivity index (χ2v) is 19.3. The first-order valence-electron chi connectivity index (χ1n) is 23.6. The van der Waals surface area contributed by atoms with E-state index in [4.69, 9.17) is 28.4 Å². The number of aliphatic hydroxyl groups excluding tert-OH is 1. The Hall–Kier alpha value is -7.01. The highest BCUT2D eigenvalue weighted by molar-refractivity contribution is 5.97. The Labute approximate surface area is 410 Å². The van der Waals surface area contributed by atoms with Crippen molar-refractivity contribution >= 4 is 41.5 Å². The monoisotopic (exact) mass is 971 g/mol. The zero-order chi connectivity index (χ0) is 51.0. The second kappa shape index (κ2) is 19.6. The number of Topliss-reactive ketones (excluding diaryl/α,β-unsaturated/α-hetero) is 1. The first-order valence-corrected chi connectivity index (χ1v) is 23.6. The van der Waals surface area contributed by atoms with Crippen molar-refractivity contribution in [1.29, 1.82) is 0 Å². The van der Waals surface area contributed by atoms with Crippen LogP contribution in [-0.2, 0) is 47.6 Å². The molecule has 0 unspecified atom stereocenters. The summed E-state index contributed by atoms with van der Waals surface area (Å²) in [6.45, 7) is 8.43. The average molecular weight is 972 g/mol. The van der Waals surface area contributed by atoms with Crippen molar-refractivity contribution in [2.45, 2.75) is 115 Å². The molecule has 4 aromatic rings. The maximum Gasteiger partial charge on any atom is 0.338 e. The van der Waals surface area contributed by atoms with Crippen molar-refractivity contribution in [3.8, 4) is 0 Å². The van der Waals surface area contributed by atoms with Crippen molar-refractivity contribution in [3.05, 3.63) is 155 Å². The molecule has 0 spiro atoms. The molecule has 16 heteroatoms. The number of benzene rings is 4. The summed E-state index contributed by atoms with van der Waals surface area (Å²) in [4.78, 5) is 100. The third kappa shape index (κ3) is 8.93. The van der Waals surface area contributed by atoms with Gasteiger partial charge in [-0.2, -0.15) is 0 Å². The van der Waals surface area contributed by atoms with Crippen LogP contribution in [0, 0.1) is 16.7 Å². The number of rotatable bonds is 13. The van der Waals surface area contributed by atoms with Crippen molar-refractivity contribution in [2.75, 3.05) is 6.61 Å². The fraction of sp³-hybridized carbons (Fsp3) is 0.400. The highest BCUT2D eigenvalue weighted by Gasteiger charge is 2.79. The number of fused-ring (bicyclic) bond motifs is 5. The van der Waals surface area contributed by atoms with Crippen LogP contribution >= 0.6 is 0 Å². The van der Waals surface area contributed by atoms with E-state index in [1.165, 1.54) is 45.0 Å². The molecular formula is C55H57NO15. The van der Waals surface area contributed by atoms with Gasteiger partial charge in [0.1, 0.15) is 30.0 Å². The van der Waals surface area contributed by atoms with E-state index in [2.05, 4.69) is 5.32 Å². The third-order valence-corrected chi connectivity index (χ3v) is 15.0. The predicted molar refractivity (Wildman–Crippen MR) is 252 cm³/mol. The lowest BCUT2D eigenvalue weighted by atomic mass is 9.44. The van der Waals surface area contributed by atoms with Crippen molar-refractivity contribution in [1.82, 2.24) is 5.32 Å². The SMILES string of the molecule is CCC(=O)O[C@H]1C(=O)[C@]2(C)[C@@H](OC(=O)c3ccccc3)C[C@H]3OC[C@@]3(OC(C)=O)[C@H]2[C@H](OC(=O)c2ccccc2)[C@]2(O)C[C@H](OC(=O)[C@H](O)[C@@H](NC(=O)c3ccccc3)c3ccccc3)C(C)=C1C2(C)C. The number of carbonyl (C=O) groups excluding carboxylic acids is 7. The minimum atomic E-state index is -2.47. The van der Waals surface area contributed by atoms with E-state index in [0.717, 1.165) is 6.92 Å². The van der Waals surface area contributed by atoms with Gasteiger partial charge in [-0.05, 0) is 67.0 Å². The van der Waals surface area contributed by atoms with E-state index in [1.54, 1.807) is 111 Å². The van der Waals surface area contributed by atoms with E-state index in [9.17, 15) is 39.0 Å². The quantitative estimate of drug-likeness (QED) is 0.0795. The topological polar surface area (TPSA) is 227 Å². The van der Waals surface area contributed by atoms with Gasteiger partial charge in [0.2, 0.25) is 0 Å². The van der Waals surface area contributed by atoms with Gasteiger partial charge in [0, 0.05) is 37.2 Å². The maximum atomic E-state index is 16.3. The van der Waals surface area contributed by atoms with Gasteiger partial charge < -0.3 is 44.0 Å². The van der Waals surface area contributed by atoms with Crippen LogP contribution in [0.1, 0.15) is 103 Å². The van der Waals surface area contributed by atoms with Crippen LogP contribution < -0.4 is 5.32 Å².